The zero-order valence-electron chi connectivity index (χ0n) is 11.1. The maximum absolute atomic E-state index is 9.77. The molecule has 0 spiro atoms. The molecule has 1 N–H and O–H groups in total. The lowest BCUT2D eigenvalue weighted by atomic mass is 10.1. The first-order valence-electron chi connectivity index (χ1n) is 6.06. The maximum atomic E-state index is 9.77. The molecule has 0 amide bonds. The topological polar surface area (TPSA) is 38.0 Å². The summed E-state index contributed by atoms with van der Waals surface area (Å²) in [7, 11) is 0. The lowest BCUT2D eigenvalue weighted by Gasteiger charge is -2.09. The summed E-state index contributed by atoms with van der Waals surface area (Å²) in [6, 6.07) is 5.81. The van der Waals surface area contributed by atoms with E-state index in [9.17, 15) is 5.11 Å². The molecular weight excluding hydrogens is 328 g/mol. The van der Waals surface area contributed by atoms with E-state index in [4.69, 9.17) is 11.6 Å². The normalized spacial score (nSPS) is 12.7. The SMILES string of the molecule is Cc1nn(Cc2ccc(Br)cc2Cl)c(C)c1C(C)O. The van der Waals surface area contributed by atoms with Gasteiger partial charge in [-0.05, 0) is 38.5 Å². The van der Waals surface area contributed by atoms with Crippen molar-refractivity contribution < 1.29 is 5.11 Å². The maximum Gasteiger partial charge on any atom is 0.0797 e. The minimum atomic E-state index is -0.505. The molecule has 2 aromatic rings. The summed E-state index contributed by atoms with van der Waals surface area (Å²) >= 11 is 9.61. The fraction of sp³-hybridized carbons (Fsp3) is 0.357. The van der Waals surface area contributed by atoms with Crippen molar-refractivity contribution in [1.29, 1.82) is 0 Å². The number of halogens is 2. The minimum Gasteiger partial charge on any atom is -0.389 e. The molecule has 0 saturated heterocycles. The van der Waals surface area contributed by atoms with Crippen LogP contribution < -0.4 is 0 Å². The van der Waals surface area contributed by atoms with Gasteiger partial charge in [-0.15, -0.1) is 0 Å². The zero-order valence-corrected chi connectivity index (χ0v) is 13.5. The molecule has 0 aliphatic heterocycles. The van der Waals surface area contributed by atoms with Gasteiger partial charge in [0.05, 0.1) is 18.3 Å². The monoisotopic (exact) mass is 342 g/mol. The van der Waals surface area contributed by atoms with E-state index in [2.05, 4.69) is 21.0 Å². The van der Waals surface area contributed by atoms with Crippen molar-refractivity contribution in [2.24, 2.45) is 0 Å². The van der Waals surface area contributed by atoms with Gasteiger partial charge in [-0.2, -0.15) is 5.10 Å². The molecule has 0 fully saturated rings. The molecule has 19 heavy (non-hydrogen) atoms. The number of aliphatic hydroxyl groups excluding tert-OH is 1. The Bertz CT molecular complexity index is 608. The van der Waals surface area contributed by atoms with E-state index in [0.29, 0.717) is 11.6 Å². The molecule has 3 nitrogen and oxygen atoms in total. The van der Waals surface area contributed by atoms with Crippen LogP contribution in [0.5, 0.6) is 0 Å². The van der Waals surface area contributed by atoms with Crippen LogP contribution in [-0.4, -0.2) is 14.9 Å². The first-order chi connectivity index (χ1) is 8.90. The van der Waals surface area contributed by atoms with Crippen molar-refractivity contribution in [3.8, 4) is 0 Å². The molecule has 0 saturated carbocycles. The Kier molecular flexibility index (Phi) is 4.33. The van der Waals surface area contributed by atoms with Gasteiger partial charge in [-0.3, -0.25) is 4.68 Å². The average Bonchev–Trinajstić information content (AvgIpc) is 2.58. The van der Waals surface area contributed by atoms with E-state index >= 15 is 0 Å². The van der Waals surface area contributed by atoms with Crippen LogP contribution in [0.3, 0.4) is 0 Å². The Morgan fingerprint density at radius 1 is 1.42 bits per heavy atom. The lowest BCUT2D eigenvalue weighted by molar-refractivity contribution is 0.197. The summed E-state index contributed by atoms with van der Waals surface area (Å²) in [5.41, 5.74) is 3.74. The van der Waals surface area contributed by atoms with E-state index in [1.165, 1.54) is 0 Å². The van der Waals surface area contributed by atoms with Crippen LogP contribution in [0.25, 0.3) is 0 Å². The fourth-order valence-corrected chi connectivity index (χ4v) is 3.01. The van der Waals surface area contributed by atoms with Crippen molar-refractivity contribution in [3.63, 3.8) is 0 Å². The Morgan fingerprint density at radius 3 is 2.63 bits per heavy atom. The van der Waals surface area contributed by atoms with Crippen molar-refractivity contribution in [2.45, 2.75) is 33.4 Å². The van der Waals surface area contributed by atoms with Crippen LogP contribution >= 0.6 is 27.5 Å². The molecule has 0 radical (unpaired) electrons. The summed E-state index contributed by atoms with van der Waals surface area (Å²) in [6.07, 6.45) is -0.505. The highest BCUT2D eigenvalue weighted by atomic mass is 79.9. The highest BCUT2D eigenvalue weighted by molar-refractivity contribution is 9.10. The summed E-state index contributed by atoms with van der Waals surface area (Å²) in [5.74, 6) is 0. The fourth-order valence-electron chi connectivity index (χ4n) is 2.28. The molecule has 0 aliphatic rings. The van der Waals surface area contributed by atoms with Crippen LogP contribution in [-0.2, 0) is 6.54 Å². The van der Waals surface area contributed by atoms with E-state index < -0.39 is 6.10 Å². The smallest absolute Gasteiger partial charge is 0.0797 e. The molecule has 1 atom stereocenters. The van der Waals surface area contributed by atoms with Crippen LogP contribution in [0.4, 0.5) is 0 Å². The molecule has 1 aromatic carbocycles. The molecule has 102 valence electrons. The molecule has 1 heterocycles. The Hall–Kier alpha value is -0.840. The number of nitrogens with zero attached hydrogens (tertiary/aromatic N) is 2. The second-order valence-electron chi connectivity index (χ2n) is 4.65. The molecule has 0 aliphatic carbocycles. The predicted octanol–water partition coefficient (Wildman–Crippen LogP) is 4.02. The molecule has 5 heteroatoms. The first kappa shape index (κ1) is 14.6. The van der Waals surface area contributed by atoms with Crippen LogP contribution in [0.1, 0.15) is 35.5 Å². The van der Waals surface area contributed by atoms with Crippen LogP contribution in [0, 0.1) is 13.8 Å². The molecule has 1 unspecified atom stereocenters. The summed E-state index contributed by atoms with van der Waals surface area (Å²) in [6.45, 7) is 6.24. The van der Waals surface area contributed by atoms with Crippen LogP contribution in [0.2, 0.25) is 5.02 Å². The first-order valence-corrected chi connectivity index (χ1v) is 7.23. The Morgan fingerprint density at radius 2 is 2.11 bits per heavy atom. The summed E-state index contributed by atoms with van der Waals surface area (Å²) in [5, 5.41) is 15.0. The number of aromatic nitrogens is 2. The average molecular weight is 344 g/mol. The van der Waals surface area contributed by atoms with Crippen molar-refractivity contribution in [1.82, 2.24) is 9.78 Å². The van der Waals surface area contributed by atoms with Crippen molar-refractivity contribution in [2.75, 3.05) is 0 Å². The Labute approximate surface area is 126 Å². The Balaban J connectivity index is 2.36. The second-order valence-corrected chi connectivity index (χ2v) is 5.98. The third kappa shape index (κ3) is 3.02. The quantitative estimate of drug-likeness (QED) is 0.914. The number of hydrogen-bond donors (Lipinski definition) is 1. The third-order valence-corrected chi connectivity index (χ3v) is 4.04. The lowest BCUT2D eigenvalue weighted by Crippen LogP contribution is -2.05. The predicted molar refractivity (Wildman–Crippen MR) is 80.6 cm³/mol. The zero-order chi connectivity index (χ0) is 14.2. The number of benzene rings is 1. The van der Waals surface area contributed by atoms with Crippen molar-refractivity contribution >= 4 is 27.5 Å². The highest BCUT2D eigenvalue weighted by Gasteiger charge is 2.16. The van der Waals surface area contributed by atoms with Crippen LogP contribution in [0.15, 0.2) is 22.7 Å². The van der Waals surface area contributed by atoms with Gasteiger partial charge in [0, 0.05) is 20.8 Å². The number of aryl methyl sites for hydroxylation is 1. The number of aliphatic hydroxyl groups is 1. The van der Waals surface area contributed by atoms with Gasteiger partial charge in [0.1, 0.15) is 0 Å². The van der Waals surface area contributed by atoms with Gasteiger partial charge in [0.2, 0.25) is 0 Å². The largest absolute Gasteiger partial charge is 0.389 e. The molecule has 1 aromatic heterocycles. The summed E-state index contributed by atoms with van der Waals surface area (Å²) < 4.78 is 2.84. The van der Waals surface area contributed by atoms with Gasteiger partial charge in [-0.1, -0.05) is 33.6 Å². The third-order valence-electron chi connectivity index (χ3n) is 3.19. The number of rotatable bonds is 3. The van der Waals surface area contributed by atoms with Gasteiger partial charge in [0.15, 0.2) is 0 Å². The molecular formula is C14H16BrClN2O. The number of hydrogen-bond acceptors (Lipinski definition) is 2. The standard InChI is InChI=1S/C14H16BrClN2O/c1-8-14(10(3)19)9(2)18(17-8)7-11-4-5-12(15)6-13(11)16/h4-6,10,19H,7H2,1-3H3. The molecule has 2 rings (SSSR count). The van der Waals surface area contributed by atoms with Crippen molar-refractivity contribution in [3.05, 3.63) is 50.2 Å². The second kappa shape index (κ2) is 5.65. The minimum absolute atomic E-state index is 0.505. The van der Waals surface area contributed by atoms with E-state index in [1.54, 1.807) is 6.92 Å². The summed E-state index contributed by atoms with van der Waals surface area (Å²) in [4.78, 5) is 0. The van der Waals surface area contributed by atoms with E-state index in [-0.39, 0.29) is 0 Å². The van der Waals surface area contributed by atoms with Gasteiger partial charge < -0.3 is 5.11 Å². The highest BCUT2D eigenvalue weighted by Crippen LogP contribution is 2.25. The van der Waals surface area contributed by atoms with E-state index in [0.717, 1.165) is 27.0 Å². The van der Waals surface area contributed by atoms with Gasteiger partial charge >= 0.3 is 0 Å². The molecule has 0 bridgehead atoms. The van der Waals surface area contributed by atoms with Gasteiger partial charge in [-0.25, -0.2) is 0 Å². The van der Waals surface area contributed by atoms with E-state index in [1.807, 2.05) is 36.7 Å². The van der Waals surface area contributed by atoms with Gasteiger partial charge in [0.25, 0.3) is 0 Å².